The fraction of sp³-hybridized carbons (Fsp3) is 0.250. The van der Waals surface area contributed by atoms with Crippen molar-refractivity contribution in [1.82, 2.24) is 4.90 Å². The maximum atomic E-state index is 12.5. The van der Waals surface area contributed by atoms with Gasteiger partial charge < -0.3 is 10.0 Å². The van der Waals surface area contributed by atoms with Gasteiger partial charge >= 0.3 is 5.97 Å². The highest BCUT2D eigenvalue weighted by Gasteiger charge is 2.35. The van der Waals surface area contributed by atoms with Crippen molar-refractivity contribution in [1.29, 1.82) is 0 Å². The Kier molecular flexibility index (Phi) is 5.19. The second-order valence-corrected chi connectivity index (χ2v) is 8.70. The van der Waals surface area contributed by atoms with Crippen molar-refractivity contribution in [3.05, 3.63) is 47.3 Å². The van der Waals surface area contributed by atoms with Crippen LogP contribution in [0.25, 0.3) is 0 Å². The van der Waals surface area contributed by atoms with E-state index >= 15 is 0 Å². The van der Waals surface area contributed by atoms with Crippen LogP contribution < -0.4 is 4.72 Å². The Labute approximate surface area is 150 Å². The molecule has 2 N–H and O–H groups in total. The zero-order valence-corrected chi connectivity index (χ0v) is 15.5. The van der Waals surface area contributed by atoms with Crippen LogP contribution in [-0.2, 0) is 14.8 Å². The molecular weight excluding hydrogens is 364 g/mol. The standard InChI is InChI=1S/C16H18N2O5S2/c1-16(2,15(20)21)18(3)14(19)11-6-4-7-12(10-11)17-25(22,23)13-8-5-9-24-13/h4-10,17H,1-3H3,(H,20,21). The van der Waals surface area contributed by atoms with Gasteiger partial charge in [0.2, 0.25) is 0 Å². The molecule has 1 amide bonds. The van der Waals surface area contributed by atoms with Crippen molar-refractivity contribution in [3.63, 3.8) is 0 Å². The van der Waals surface area contributed by atoms with E-state index < -0.39 is 27.4 Å². The molecule has 2 rings (SSSR count). The second-order valence-electron chi connectivity index (χ2n) is 5.85. The van der Waals surface area contributed by atoms with Gasteiger partial charge in [-0.3, -0.25) is 9.52 Å². The van der Waals surface area contributed by atoms with Crippen LogP contribution in [0, 0.1) is 0 Å². The number of carboxylic acid groups (broad SMARTS) is 1. The van der Waals surface area contributed by atoms with E-state index in [1.165, 1.54) is 51.2 Å². The van der Waals surface area contributed by atoms with E-state index in [9.17, 15) is 23.1 Å². The number of carbonyl (C=O) groups is 2. The van der Waals surface area contributed by atoms with Crippen LogP contribution in [0.1, 0.15) is 24.2 Å². The molecule has 0 unspecified atom stereocenters. The summed E-state index contributed by atoms with van der Waals surface area (Å²) in [5.41, 5.74) is -0.993. The monoisotopic (exact) mass is 382 g/mol. The molecule has 0 aliphatic heterocycles. The summed E-state index contributed by atoms with van der Waals surface area (Å²) in [6.45, 7) is 2.83. The molecule has 2 aromatic rings. The number of carbonyl (C=O) groups excluding carboxylic acids is 1. The van der Waals surface area contributed by atoms with Crippen molar-refractivity contribution in [2.24, 2.45) is 0 Å². The molecule has 1 aromatic carbocycles. The molecule has 0 aliphatic carbocycles. The van der Waals surface area contributed by atoms with Crippen LogP contribution in [0.5, 0.6) is 0 Å². The van der Waals surface area contributed by atoms with E-state index in [0.29, 0.717) is 0 Å². The predicted molar refractivity (Wildman–Crippen MR) is 95.4 cm³/mol. The highest BCUT2D eigenvalue weighted by Crippen LogP contribution is 2.22. The number of aliphatic carboxylic acids is 1. The molecule has 7 nitrogen and oxygen atoms in total. The number of amides is 1. The van der Waals surface area contributed by atoms with Crippen LogP contribution in [0.4, 0.5) is 5.69 Å². The average molecular weight is 382 g/mol. The summed E-state index contributed by atoms with van der Waals surface area (Å²) in [6.07, 6.45) is 0. The largest absolute Gasteiger partial charge is 0.480 e. The third kappa shape index (κ3) is 3.99. The first kappa shape index (κ1) is 18.9. The van der Waals surface area contributed by atoms with Crippen molar-refractivity contribution in [2.75, 3.05) is 11.8 Å². The smallest absolute Gasteiger partial charge is 0.329 e. The Morgan fingerprint density at radius 3 is 2.44 bits per heavy atom. The number of thiophene rings is 1. The molecule has 0 spiro atoms. The summed E-state index contributed by atoms with van der Waals surface area (Å²) in [4.78, 5) is 24.9. The molecule has 0 saturated carbocycles. The molecule has 0 radical (unpaired) electrons. The first-order valence-corrected chi connectivity index (χ1v) is 9.60. The predicted octanol–water partition coefficient (Wildman–Crippen LogP) is 2.48. The van der Waals surface area contributed by atoms with E-state index in [2.05, 4.69) is 4.72 Å². The molecule has 25 heavy (non-hydrogen) atoms. The van der Waals surface area contributed by atoms with Gasteiger partial charge in [-0.1, -0.05) is 12.1 Å². The van der Waals surface area contributed by atoms with Gasteiger partial charge in [-0.2, -0.15) is 0 Å². The van der Waals surface area contributed by atoms with E-state index in [1.807, 2.05) is 0 Å². The van der Waals surface area contributed by atoms with Gasteiger partial charge in [0.25, 0.3) is 15.9 Å². The maximum Gasteiger partial charge on any atom is 0.329 e. The number of likely N-dealkylation sites (N-methyl/N-ethyl adjacent to an activating group) is 1. The first-order valence-electron chi connectivity index (χ1n) is 7.23. The van der Waals surface area contributed by atoms with Crippen LogP contribution in [0.15, 0.2) is 46.0 Å². The molecule has 1 heterocycles. The Bertz CT molecular complexity index is 889. The molecule has 9 heteroatoms. The lowest BCUT2D eigenvalue weighted by Gasteiger charge is -2.31. The molecule has 134 valence electrons. The van der Waals surface area contributed by atoms with E-state index in [0.717, 1.165) is 16.2 Å². The third-order valence-electron chi connectivity index (χ3n) is 3.79. The Hall–Kier alpha value is -2.39. The zero-order chi connectivity index (χ0) is 18.8. The van der Waals surface area contributed by atoms with Gasteiger partial charge in [0, 0.05) is 18.3 Å². The molecule has 1 aromatic heterocycles. The average Bonchev–Trinajstić information content (AvgIpc) is 3.08. The summed E-state index contributed by atoms with van der Waals surface area (Å²) >= 11 is 1.08. The highest BCUT2D eigenvalue weighted by molar-refractivity contribution is 7.94. The lowest BCUT2D eigenvalue weighted by Crippen LogP contribution is -2.50. The zero-order valence-electron chi connectivity index (χ0n) is 13.9. The van der Waals surface area contributed by atoms with E-state index in [4.69, 9.17) is 0 Å². The van der Waals surface area contributed by atoms with Gasteiger partial charge in [0.05, 0.1) is 0 Å². The molecular formula is C16H18N2O5S2. The maximum absolute atomic E-state index is 12.5. The number of hydrogen-bond donors (Lipinski definition) is 2. The van der Waals surface area contributed by atoms with Crippen molar-refractivity contribution >= 4 is 38.9 Å². The number of nitrogens with zero attached hydrogens (tertiary/aromatic N) is 1. The van der Waals surface area contributed by atoms with Crippen molar-refractivity contribution < 1.29 is 23.1 Å². The number of sulfonamides is 1. The van der Waals surface area contributed by atoms with Crippen LogP contribution in [0.2, 0.25) is 0 Å². The fourth-order valence-electron chi connectivity index (χ4n) is 1.93. The van der Waals surface area contributed by atoms with Crippen molar-refractivity contribution in [2.45, 2.75) is 23.6 Å². The number of benzene rings is 1. The summed E-state index contributed by atoms with van der Waals surface area (Å²) in [6, 6.07) is 9.03. The minimum Gasteiger partial charge on any atom is -0.480 e. The Morgan fingerprint density at radius 1 is 1.20 bits per heavy atom. The normalized spacial score (nSPS) is 11.8. The first-order chi connectivity index (χ1) is 11.6. The van der Waals surface area contributed by atoms with Gasteiger partial charge in [0.15, 0.2) is 0 Å². The van der Waals surface area contributed by atoms with E-state index in [1.54, 1.807) is 11.4 Å². The fourth-order valence-corrected chi connectivity index (χ4v) is 3.97. The summed E-state index contributed by atoms with van der Waals surface area (Å²) in [7, 11) is -2.34. The van der Waals surface area contributed by atoms with Crippen LogP contribution in [0.3, 0.4) is 0 Å². The Morgan fingerprint density at radius 2 is 1.88 bits per heavy atom. The van der Waals surface area contributed by atoms with Crippen LogP contribution >= 0.6 is 11.3 Å². The summed E-state index contributed by atoms with van der Waals surface area (Å²) < 4.78 is 27.1. The molecule has 0 bridgehead atoms. The van der Waals surface area contributed by atoms with Crippen molar-refractivity contribution in [3.8, 4) is 0 Å². The minimum absolute atomic E-state index is 0.161. The number of carboxylic acids is 1. The number of nitrogens with one attached hydrogen (secondary N) is 1. The molecule has 0 aliphatic rings. The van der Waals surface area contributed by atoms with Gasteiger partial charge in [-0.05, 0) is 43.5 Å². The number of anilines is 1. The Balaban J connectivity index is 2.27. The van der Waals surface area contributed by atoms with Gasteiger partial charge in [0.1, 0.15) is 9.75 Å². The topological polar surface area (TPSA) is 104 Å². The van der Waals surface area contributed by atoms with Gasteiger partial charge in [-0.15, -0.1) is 11.3 Å². The van der Waals surface area contributed by atoms with Crippen LogP contribution in [-0.4, -0.2) is 42.9 Å². The molecule has 0 saturated heterocycles. The SMILES string of the molecule is CN(C(=O)c1cccc(NS(=O)(=O)c2cccs2)c1)C(C)(C)C(=O)O. The van der Waals surface area contributed by atoms with Gasteiger partial charge in [-0.25, -0.2) is 13.2 Å². The highest BCUT2D eigenvalue weighted by atomic mass is 32.2. The number of rotatable bonds is 6. The number of hydrogen-bond acceptors (Lipinski definition) is 5. The second kappa shape index (κ2) is 6.85. The summed E-state index contributed by atoms with van der Waals surface area (Å²) in [5, 5.41) is 10.9. The lowest BCUT2D eigenvalue weighted by molar-refractivity contribution is -0.147. The minimum atomic E-state index is -3.73. The lowest BCUT2D eigenvalue weighted by atomic mass is 10.0. The van der Waals surface area contributed by atoms with E-state index in [-0.39, 0.29) is 15.5 Å². The molecule has 0 atom stereocenters. The molecule has 0 fully saturated rings. The quantitative estimate of drug-likeness (QED) is 0.799. The third-order valence-corrected chi connectivity index (χ3v) is 6.57. The summed E-state index contributed by atoms with van der Waals surface area (Å²) in [5.74, 6) is -1.66.